The van der Waals surface area contributed by atoms with Crippen LogP contribution in [-0.2, 0) is 4.79 Å². The molecule has 1 atom stereocenters. The molecule has 0 bridgehead atoms. The first-order chi connectivity index (χ1) is 9.15. The van der Waals surface area contributed by atoms with Gasteiger partial charge < -0.3 is 10.6 Å². The third kappa shape index (κ3) is 6.39. The Hall–Kier alpha value is -0.610. The molecule has 1 unspecified atom stereocenters. The number of amides is 1. The Bertz CT molecular complexity index is 252. The summed E-state index contributed by atoms with van der Waals surface area (Å²) in [5.74, 6) is 1.00. The van der Waals surface area contributed by atoms with E-state index < -0.39 is 0 Å². The number of rotatable bonds is 8. The van der Waals surface area contributed by atoms with Crippen molar-refractivity contribution in [2.24, 2.45) is 5.92 Å². The lowest BCUT2D eigenvalue weighted by Gasteiger charge is -2.28. The predicted molar refractivity (Wildman–Crippen MR) is 80.2 cm³/mol. The highest BCUT2D eigenvalue weighted by molar-refractivity contribution is 5.81. The van der Waals surface area contributed by atoms with Crippen LogP contribution in [0.3, 0.4) is 0 Å². The standard InChI is InChI=1S/C15H31N3O/c1-4-5-9-17-15(19)13(2)18(3)12-8-14-6-10-16-11-7-14/h13-14,16H,4-12H2,1-3H3,(H,17,19). The normalized spacial score (nSPS) is 18.5. The Morgan fingerprint density at radius 2 is 2.11 bits per heavy atom. The summed E-state index contributed by atoms with van der Waals surface area (Å²) < 4.78 is 0. The number of carbonyl (C=O) groups excluding carboxylic acids is 1. The Kier molecular flexibility index (Phi) is 8.07. The maximum atomic E-state index is 11.9. The zero-order chi connectivity index (χ0) is 14.1. The van der Waals surface area contributed by atoms with Gasteiger partial charge in [0.05, 0.1) is 6.04 Å². The third-order valence-electron chi connectivity index (χ3n) is 4.22. The second kappa shape index (κ2) is 9.32. The molecule has 0 aromatic rings. The molecule has 4 nitrogen and oxygen atoms in total. The average Bonchev–Trinajstić information content (AvgIpc) is 2.45. The number of unbranched alkanes of at least 4 members (excludes halogenated alkanes) is 1. The number of hydrogen-bond acceptors (Lipinski definition) is 3. The molecule has 0 aliphatic carbocycles. The summed E-state index contributed by atoms with van der Waals surface area (Å²) in [6.07, 6.45) is 5.97. The molecule has 1 saturated heterocycles. The van der Waals surface area contributed by atoms with E-state index in [2.05, 4.69) is 29.5 Å². The molecule has 0 saturated carbocycles. The van der Waals surface area contributed by atoms with Crippen LogP contribution in [0.1, 0.15) is 46.0 Å². The van der Waals surface area contributed by atoms with E-state index >= 15 is 0 Å². The molecule has 1 fully saturated rings. The number of piperidine rings is 1. The molecule has 1 aliphatic heterocycles. The molecule has 19 heavy (non-hydrogen) atoms. The van der Waals surface area contributed by atoms with Crippen LogP contribution >= 0.6 is 0 Å². The van der Waals surface area contributed by atoms with E-state index in [-0.39, 0.29) is 11.9 Å². The predicted octanol–water partition coefficient (Wildman–Crippen LogP) is 1.61. The van der Waals surface area contributed by atoms with Gasteiger partial charge in [0.1, 0.15) is 0 Å². The molecule has 1 rings (SSSR count). The van der Waals surface area contributed by atoms with E-state index in [0.29, 0.717) is 0 Å². The van der Waals surface area contributed by atoms with Gasteiger partial charge in [0, 0.05) is 6.54 Å². The number of hydrogen-bond donors (Lipinski definition) is 2. The van der Waals surface area contributed by atoms with Crippen molar-refractivity contribution in [3.63, 3.8) is 0 Å². The molecule has 4 heteroatoms. The number of carbonyl (C=O) groups is 1. The van der Waals surface area contributed by atoms with Crippen molar-refractivity contribution in [2.45, 2.75) is 52.0 Å². The van der Waals surface area contributed by atoms with Crippen molar-refractivity contribution in [3.05, 3.63) is 0 Å². The van der Waals surface area contributed by atoms with Crippen LogP contribution in [0.5, 0.6) is 0 Å². The fraction of sp³-hybridized carbons (Fsp3) is 0.933. The summed E-state index contributed by atoms with van der Waals surface area (Å²) in [5, 5.41) is 6.41. The Labute approximate surface area is 118 Å². The first-order valence-electron chi connectivity index (χ1n) is 7.83. The van der Waals surface area contributed by atoms with Gasteiger partial charge in [0.15, 0.2) is 0 Å². The zero-order valence-electron chi connectivity index (χ0n) is 12.9. The van der Waals surface area contributed by atoms with Gasteiger partial charge >= 0.3 is 0 Å². The van der Waals surface area contributed by atoms with E-state index in [4.69, 9.17) is 0 Å². The lowest BCUT2D eigenvalue weighted by Crippen LogP contribution is -2.44. The van der Waals surface area contributed by atoms with Crippen LogP contribution in [0.15, 0.2) is 0 Å². The number of likely N-dealkylation sites (N-methyl/N-ethyl adjacent to an activating group) is 1. The van der Waals surface area contributed by atoms with Gasteiger partial charge in [-0.25, -0.2) is 0 Å². The highest BCUT2D eigenvalue weighted by Gasteiger charge is 2.19. The minimum atomic E-state index is -0.0152. The molecule has 0 spiro atoms. The van der Waals surface area contributed by atoms with Crippen LogP contribution in [0.4, 0.5) is 0 Å². The average molecular weight is 269 g/mol. The van der Waals surface area contributed by atoms with Crippen molar-refractivity contribution in [1.82, 2.24) is 15.5 Å². The minimum Gasteiger partial charge on any atom is -0.355 e. The molecular formula is C15H31N3O. The fourth-order valence-corrected chi connectivity index (χ4v) is 2.49. The van der Waals surface area contributed by atoms with Gasteiger partial charge in [0.2, 0.25) is 5.91 Å². The van der Waals surface area contributed by atoms with Crippen LogP contribution in [0, 0.1) is 5.92 Å². The van der Waals surface area contributed by atoms with E-state index in [9.17, 15) is 4.79 Å². The van der Waals surface area contributed by atoms with E-state index in [1.54, 1.807) is 0 Å². The van der Waals surface area contributed by atoms with Crippen LogP contribution < -0.4 is 10.6 Å². The highest BCUT2D eigenvalue weighted by atomic mass is 16.2. The van der Waals surface area contributed by atoms with Gasteiger partial charge in [0.25, 0.3) is 0 Å². The summed E-state index contributed by atoms with van der Waals surface area (Å²) in [5.41, 5.74) is 0. The molecule has 112 valence electrons. The van der Waals surface area contributed by atoms with Crippen molar-refractivity contribution in [3.8, 4) is 0 Å². The molecular weight excluding hydrogens is 238 g/mol. The van der Waals surface area contributed by atoms with E-state index in [1.165, 1.54) is 19.3 Å². The van der Waals surface area contributed by atoms with Crippen molar-refractivity contribution in [1.29, 1.82) is 0 Å². The monoisotopic (exact) mass is 269 g/mol. The maximum absolute atomic E-state index is 11.9. The fourth-order valence-electron chi connectivity index (χ4n) is 2.49. The lowest BCUT2D eigenvalue weighted by molar-refractivity contribution is -0.125. The van der Waals surface area contributed by atoms with Crippen LogP contribution in [-0.4, -0.2) is 50.1 Å². The zero-order valence-corrected chi connectivity index (χ0v) is 12.9. The van der Waals surface area contributed by atoms with Gasteiger partial charge in [-0.1, -0.05) is 13.3 Å². The molecule has 1 aliphatic rings. The number of nitrogens with one attached hydrogen (secondary N) is 2. The molecule has 1 amide bonds. The van der Waals surface area contributed by atoms with Crippen molar-refractivity contribution in [2.75, 3.05) is 33.2 Å². The number of nitrogens with zero attached hydrogens (tertiary/aromatic N) is 1. The molecule has 2 N–H and O–H groups in total. The summed E-state index contributed by atoms with van der Waals surface area (Å²) >= 11 is 0. The van der Waals surface area contributed by atoms with E-state index in [0.717, 1.165) is 44.9 Å². The Morgan fingerprint density at radius 3 is 2.74 bits per heavy atom. The topological polar surface area (TPSA) is 44.4 Å². The van der Waals surface area contributed by atoms with Gasteiger partial charge in [-0.05, 0) is 65.2 Å². The SMILES string of the molecule is CCCCNC(=O)C(C)N(C)CCC1CCNCC1. The minimum absolute atomic E-state index is 0.0152. The molecule has 0 aromatic carbocycles. The third-order valence-corrected chi connectivity index (χ3v) is 4.22. The summed E-state index contributed by atoms with van der Waals surface area (Å²) in [6, 6.07) is -0.0152. The second-order valence-electron chi connectivity index (χ2n) is 5.78. The van der Waals surface area contributed by atoms with Gasteiger partial charge in [-0.15, -0.1) is 0 Å². The molecule has 0 radical (unpaired) electrons. The highest BCUT2D eigenvalue weighted by Crippen LogP contribution is 2.16. The van der Waals surface area contributed by atoms with Gasteiger partial charge in [-0.2, -0.15) is 0 Å². The summed E-state index contributed by atoms with van der Waals surface area (Å²) in [7, 11) is 2.06. The summed E-state index contributed by atoms with van der Waals surface area (Å²) in [6.45, 7) is 8.28. The second-order valence-corrected chi connectivity index (χ2v) is 5.78. The largest absolute Gasteiger partial charge is 0.355 e. The Morgan fingerprint density at radius 1 is 1.42 bits per heavy atom. The van der Waals surface area contributed by atoms with Gasteiger partial charge in [-0.3, -0.25) is 9.69 Å². The lowest BCUT2D eigenvalue weighted by atomic mass is 9.94. The smallest absolute Gasteiger partial charge is 0.237 e. The first-order valence-corrected chi connectivity index (χ1v) is 7.83. The van der Waals surface area contributed by atoms with Crippen LogP contribution in [0.25, 0.3) is 0 Å². The summed E-state index contributed by atoms with van der Waals surface area (Å²) in [4.78, 5) is 14.1. The van der Waals surface area contributed by atoms with E-state index in [1.807, 2.05) is 6.92 Å². The Balaban J connectivity index is 2.19. The quantitative estimate of drug-likeness (QED) is 0.658. The van der Waals surface area contributed by atoms with Crippen molar-refractivity contribution < 1.29 is 4.79 Å². The van der Waals surface area contributed by atoms with Crippen LogP contribution in [0.2, 0.25) is 0 Å². The maximum Gasteiger partial charge on any atom is 0.237 e. The molecule has 1 heterocycles. The molecule has 0 aromatic heterocycles. The first kappa shape index (κ1) is 16.4. The van der Waals surface area contributed by atoms with Crippen molar-refractivity contribution >= 4 is 5.91 Å².